The Morgan fingerprint density at radius 3 is 3.06 bits per heavy atom. The van der Waals surface area contributed by atoms with E-state index in [9.17, 15) is 4.79 Å². The highest BCUT2D eigenvalue weighted by Crippen LogP contribution is 2.30. The molecule has 2 atom stereocenters. The Balaban J connectivity index is 2.18. The summed E-state index contributed by atoms with van der Waals surface area (Å²) in [4.78, 5) is 11.7. The van der Waals surface area contributed by atoms with Crippen LogP contribution in [0.3, 0.4) is 0 Å². The van der Waals surface area contributed by atoms with Crippen LogP contribution in [0.5, 0.6) is 0 Å². The molecule has 1 aromatic carbocycles. The average molecular weight is 247 g/mol. The van der Waals surface area contributed by atoms with Crippen molar-refractivity contribution in [2.45, 2.75) is 26.2 Å². The molecule has 0 amide bonds. The number of carbonyl (C=O) groups excluding carboxylic acids is 1. The summed E-state index contributed by atoms with van der Waals surface area (Å²) in [6, 6.07) is 7.89. The lowest BCUT2D eigenvalue weighted by Gasteiger charge is -2.30. The molecule has 0 radical (unpaired) electrons. The molecule has 1 N–H and O–H groups in total. The van der Waals surface area contributed by atoms with Crippen LogP contribution >= 0.6 is 0 Å². The van der Waals surface area contributed by atoms with Crippen molar-refractivity contribution in [3.05, 3.63) is 35.4 Å². The number of carbonyl (C=O) groups is 1. The van der Waals surface area contributed by atoms with Gasteiger partial charge < -0.3 is 10.1 Å². The van der Waals surface area contributed by atoms with Crippen molar-refractivity contribution in [3.8, 4) is 0 Å². The second kappa shape index (κ2) is 6.01. The molecule has 2 unspecified atom stereocenters. The van der Waals surface area contributed by atoms with E-state index in [4.69, 9.17) is 4.74 Å². The predicted molar refractivity (Wildman–Crippen MR) is 71.8 cm³/mol. The third kappa shape index (κ3) is 2.91. The molecular formula is C15H21NO2. The van der Waals surface area contributed by atoms with Crippen molar-refractivity contribution in [1.29, 1.82) is 0 Å². The van der Waals surface area contributed by atoms with Gasteiger partial charge in [0.1, 0.15) is 0 Å². The molecule has 0 bridgehead atoms. The van der Waals surface area contributed by atoms with Gasteiger partial charge >= 0.3 is 5.97 Å². The van der Waals surface area contributed by atoms with Crippen molar-refractivity contribution in [1.82, 2.24) is 5.32 Å². The van der Waals surface area contributed by atoms with E-state index in [0.717, 1.165) is 19.5 Å². The number of benzene rings is 1. The summed E-state index contributed by atoms with van der Waals surface area (Å²) < 4.78 is 5.05. The standard InChI is InChI=1S/C15H21NO2/c1-3-18-15(17)13-6-4-5-12(9-13)14-7-8-16-10-11(14)2/h4-6,9,11,14,16H,3,7-8,10H2,1-2H3. The monoisotopic (exact) mass is 247 g/mol. The van der Waals surface area contributed by atoms with Gasteiger partial charge in [0.05, 0.1) is 12.2 Å². The Morgan fingerprint density at radius 2 is 2.33 bits per heavy atom. The van der Waals surface area contributed by atoms with E-state index in [-0.39, 0.29) is 5.97 Å². The molecule has 0 aliphatic carbocycles. The number of hydrogen-bond acceptors (Lipinski definition) is 3. The smallest absolute Gasteiger partial charge is 0.338 e. The van der Waals surface area contributed by atoms with Crippen LogP contribution in [-0.2, 0) is 4.74 Å². The predicted octanol–water partition coefficient (Wildman–Crippen LogP) is 2.58. The molecule has 1 saturated heterocycles. The van der Waals surface area contributed by atoms with Crippen LogP contribution in [0.4, 0.5) is 0 Å². The Hall–Kier alpha value is -1.35. The number of piperidine rings is 1. The topological polar surface area (TPSA) is 38.3 Å². The first-order valence-corrected chi connectivity index (χ1v) is 6.70. The zero-order chi connectivity index (χ0) is 13.0. The van der Waals surface area contributed by atoms with Crippen molar-refractivity contribution in [2.24, 2.45) is 5.92 Å². The maximum atomic E-state index is 11.7. The highest BCUT2D eigenvalue weighted by molar-refractivity contribution is 5.89. The SMILES string of the molecule is CCOC(=O)c1cccc(C2CCNCC2C)c1. The molecule has 0 saturated carbocycles. The highest BCUT2D eigenvalue weighted by Gasteiger charge is 2.23. The average Bonchev–Trinajstić information content (AvgIpc) is 2.40. The fourth-order valence-electron chi connectivity index (χ4n) is 2.62. The molecular weight excluding hydrogens is 226 g/mol. The molecule has 18 heavy (non-hydrogen) atoms. The van der Waals surface area contributed by atoms with Crippen LogP contribution < -0.4 is 5.32 Å². The summed E-state index contributed by atoms with van der Waals surface area (Å²) in [6.45, 7) is 6.62. The van der Waals surface area contributed by atoms with Crippen molar-refractivity contribution >= 4 is 5.97 Å². The van der Waals surface area contributed by atoms with Gasteiger partial charge in [0.2, 0.25) is 0 Å². The van der Waals surface area contributed by atoms with Crippen LogP contribution in [0.2, 0.25) is 0 Å². The number of esters is 1. The van der Waals surface area contributed by atoms with Gasteiger partial charge in [-0.25, -0.2) is 4.79 Å². The minimum Gasteiger partial charge on any atom is -0.462 e. The molecule has 1 aliphatic heterocycles. The lowest BCUT2D eigenvalue weighted by atomic mass is 9.82. The second-order valence-corrected chi connectivity index (χ2v) is 4.92. The minimum atomic E-state index is -0.221. The summed E-state index contributed by atoms with van der Waals surface area (Å²) in [7, 11) is 0. The number of rotatable bonds is 3. The molecule has 0 aromatic heterocycles. The molecule has 1 fully saturated rings. The van der Waals surface area contributed by atoms with Crippen molar-refractivity contribution in [3.63, 3.8) is 0 Å². The molecule has 1 heterocycles. The van der Waals surface area contributed by atoms with Crippen LogP contribution in [-0.4, -0.2) is 25.7 Å². The Labute approximate surface area is 109 Å². The minimum absolute atomic E-state index is 0.221. The molecule has 0 spiro atoms. The van der Waals surface area contributed by atoms with Crippen LogP contribution in [0.1, 0.15) is 42.1 Å². The highest BCUT2D eigenvalue weighted by atomic mass is 16.5. The Bertz CT molecular complexity index is 417. The van der Waals surface area contributed by atoms with E-state index in [0.29, 0.717) is 24.0 Å². The second-order valence-electron chi connectivity index (χ2n) is 4.92. The van der Waals surface area contributed by atoms with E-state index in [1.165, 1.54) is 5.56 Å². The van der Waals surface area contributed by atoms with Gasteiger partial charge in [-0.15, -0.1) is 0 Å². The third-order valence-electron chi connectivity index (χ3n) is 3.61. The fraction of sp³-hybridized carbons (Fsp3) is 0.533. The van der Waals surface area contributed by atoms with E-state index < -0.39 is 0 Å². The van der Waals surface area contributed by atoms with E-state index in [1.54, 1.807) is 0 Å². The maximum Gasteiger partial charge on any atom is 0.338 e. The zero-order valence-corrected chi connectivity index (χ0v) is 11.1. The summed E-state index contributed by atoms with van der Waals surface area (Å²) in [5.74, 6) is 0.928. The summed E-state index contributed by atoms with van der Waals surface area (Å²) in [5, 5.41) is 3.40. The van der Waals surface area contributed by atoms with E-state index in [1.807, 2.05) is 25.1 Å². The van der Waals surface area contributed by atoms with E-state index >= 15 is 0 Å². The van der Waals surface area contributed by atoms with Gasteiger partial charge in [0.15, 0.2) is 0 Å². The normalized spacial score (nSPS) is 23.7. The summed E-state index contributed by atoms with van der Waals surface area (Å²) in [6.07, 6.45) is 1.13. The molecule has 3 nitrogen and oxygen atoms in total. The number of hydrogen-bond donors (Lipinski definition) is 1. The van der Waals surface area contributed by atoms with Crippen LogP contribution in [0.15, 0.2) is 24.3 Å². The molecule has 2 rings (SSSR count). The van der Waals surface area contributed by atoms with Crippen LogP contribution in [0, 0.1) is 5.92 Å². The quantitative estimate of drug-likeness (QED) is 0.834. The van der Waals surface area contributed by atoms with Crippen molar-refractivity contribution in [2.75, 3.05) is 19.7 Å². The van der Waals surface area contributed by atoms with Gasteiger partial charge in [-0.2, -0.15) is 0 Å². The first-order chi connectivity index (χ1) is 8.72. The van der Waals surface area contributed by atoms with Gasteiger partial charge in [-0.3, -0.25) is 0 Å². The lowest BCUT2D eigenvalue weighted by Crippen LogP contribution is -2.33. The van der Waals surface area contributed by atoms with Crippen LogP contribution in [0.25, 0.3) is 0 Å². The van der Waals surface area contributed by atoms with Gasteiger partial charge in [-0.05, 0) is 56.0 Å². The molecule has 1 aromatic rings. The summed E-state index contributed by atoms with van der Waals surface area (Å²) in [5.41, 5.74) is 1.93. The third-order valence-corrected chi connectivity index (χ3v) is 3.61. The van der Waals surface area contributed by atoms with Crippen molar-refractivity contribution < 1.29 is 9.53 Å². The summed E-state index contributed by atoms with van der Waals surface area (Å²) >= 11 is 0. The molecule has 98 valence electrons. The fourth-order valence-corrected chi connectivity index (χ4v) is 2.62. The van der Waals surface area contributed by atoms with Gasteiger partial charge in [0.25, 0.3) is 0 Å². The number of nitrogens with one attached hydrogen (secondary N) is 1. The number of ether oxygens (including phenoxy) is 1. The van der Waals surface area contributed by atoms with Gasteiger partial charge in [0, 0.05) is 0 Å². The zero-order valence-electron chi connectivity index (χ0n) is 11.1. The van der Waals surface area contributed by atoms with Gasteiger partial charge in [-0.1, -0.05) is 19.1 Å². The lowest BCUT2D eigenvalue weighted by molar-refractivity contribution is 0.0526. The Kier molecular flexibility index (Phi) is 4.37. The Morgan fingerprint density at radius 1 is 1.50 bits per heavy atom. The first-order valence-electron chi connectivity index (χ1n) is 6.70. The molecule has 3 heteroatoms. The van der Waals surface area contributed by atoms with E-state index in [2.05, 4.69) is 18.3 Å². The maximum absolute atomic E-state index is 11.7. The first kappa shape index (κ1) is 13.1. The molecule has 1 aliphatic rings. The largest absolute Gasteiger partial charge is 0.462 e.